The predicted molar refractivity (Wildman–Crippen MR) is 49.0 cm³/mol. The second-order valence-corrected chi connectivity index (χ2v) is 5.12. The van der Waals surface area contributed by atoms with Gasteiger partial charge in [0, 0.05) is 6.61 Å². The van der Waals surface area contributed by atoms with Crippen molar-refractivity contribution >= 4 is 0 Å². The summed E-state index contributed by atoms with van der Waals surface area (Å²) in [6, 6.07) is 0. The maximum atomic E-state index is 10.0. The Morgan fingerprint density at radius 3 is 2.33 bits per heavy atom. The Labute approximate surface area is 74.9 Å². The van der Waals surface area contributed by atoms with Crippen molar-refractivity contribution in [3.05, 3.63) is 0 Å². The normalized spacial score (nSPS) is 38.2. The average Bonchev–Trinajstić information content (AvgIpc) is 1.83. The van der Waals surface area contributed by atoms with Crippen LogP contribution in [0, 0.1) is 11.3 Å². The largest absolute Gasteiger partial charge is 0.387 e. The molecule has 12 heavy (non-hydrogen) atoms. The van der Waals surface area contributed by atoms with Gasteiger partial charge in [0.25, 0.3) is 0 Å². The summed E-state index contributed by atoms with van der Waals surface area (Å²) in [6.07, 6.45) is 0.969. The van der Waals surface area contributed by atoms with Gasteiger partial charge in [-0.3, -0.25) is 0 Å². The molecule has 0 saturated carbocycles. The highest BCUT2D eigenvalue weighted by Crippen LogP contribution is 2.39. The third-order valence-corrected chi connectivity index (χ3v) is 2.74. The average molecular weight is 172 g/mol. The van der Waals surface area contributed by atoms with Gasteiger partial charge in [-0.05, 0) is 24.7 Å². The van der Waals surface area contributed by atoms with Crippen molar-refractivity contribution in [2.45, 2.75) is 39.7 Å². The third kappa shape index (κ3) is 1.99. The molecule has 0 spiro atoms. The fraction of sp³-hybridized carbons (Fsp3) is 1.00. The van der Waals surface area contributed by atoms with E-state index in [4.69, 9.17) is 4.74 Å². The molecular weight excluding hydrogens is 152 g/mol. The minimum absolute atomic E-state index is 0.174. The second kappa shape index (κ2) is 3.00. The molecule has 1 rings (SSSR count). The van der Waals surface area contributed by atoms with E-state index in [0.717, 1.165) is 13.0 Å². The van der Waals surface area contributed by atoms with Crippen molar-refractivity contribution in [2.24, 2.45) is 11.3 Å². The summed E-state index contributed by atoms with van der Waals surface area (Å²) in [5, 5.41) is 10.0. The van der Waals surface area contributed by atoms with E-state index in [1.807, 2.05) is 6.92 Å². The Hall–Kier alpha value is -0.0800. The lowest BCUT2D eigenvalue weighted by Gasteiger charge is -2.44. The van der Waals surface area contributed by atoms with Gasteiger partial charge in [0.2, 0.25) is 0 Å². The van der Waals surface area contributed by atoms with Gasteiger partial charge in [0.1, 0.15) is 0 Å². The molecule has 1 heterocycles. The number of hydrogen-bond donors (Lipinski definition) is 1. The monoisotopic (exact) mass is 172 g/mol. The number of hydrogen-bond acceptors (Lipinski definition) is 2. The minimum atomic E-state index is -0.642. The molecule has 0 unspecified atom stereocenters. The van der Waals surface area contributed by atoms with Crippen LogP contribution in [0.5, 0.6) is 0 Å². The van der Waals surface area contributed by atoms with Crippen LogP contribution in [0.15, 0.2) is 0 Å². The topological polar surface area (TPSA) is 29.5 Å². The molecule has 0 radical (unpaired) electrons. The first-order valence-electron chi connectivity index (χ1n) is 4.64. The van der Waals surface area contributed by atoms with Gasteiger partial charge in [-0.25, -0.2) is 0 Å². The van der Waals surface area contributed by atoms with E-state index in [2.05, 4.69) is 20.8 Å². The van der Waals surface area contributed by atoms with E-state index >= 15 is 0 Å². The van der Waals surface area contributed by atoms with Gasteiger partial charge in [-0.1, -0.05) is 20.8 Å². The lowest BCUT2D eigenvalue weighted by molar-refractivity contribution is -0.142. The van der Waals surface area contributed by atoms with Crippen LogP contribution in [0.2, 0.25) is 0 Å². The van der Waals surface area contributed by atoms with Crippen molar-refractivity contribution < 1.29 is 9.84 Å². The van der Waals surface area contributed by atoms with Crippen molar-refractivity contribution in [3.63, 3.8) is 0 Å². The van der Waals surface area contributed by atoms with Crippen molar-refractivity contribution in [2.75, 3.05) is 13.2 Å². The second-order valence-electron chi connectivity index (χ2n) is 5.12. The summed E-state index contributed by atoms with van der Waals surface area (Å²) >= 11 is 0. The standard InChI is InChI=1S/C10H20O2/c1-9(2,3)8-5-6-12-7-10(8,4)11/h8,11H,5-7H2,1-4H3/t8-,10-/m0/s1. The summed E-state index contributed by atoms with van der Waals surface area (Å²) in [5.74, 6) is 0.346. The summed E-state index contributed by atoms with van der Waals surface area (Å²) in [4.78, 5) is 0. The highest BCUT2D eigenvalue weighted by molar-refractivity contribution is 4.91. The van der Waals surface area contributed by atoms with E-state index < -0.39 is 5.60 Å². The zero-order valence-electron chi connectivity index (χ0n) is 8.55. The van der Waals surface area contributed by atoms with Gasteiger partial charge in [0.15, 0.2) is 0 Å². The van der Waals surface area contributed by atoms with Crippen LogP contribution in [0.25, 0.3) is 0 Å². The smallest absolute Gasteiger partial charge is 0.0885 e. The first-order valence-corrected chi connectivity index (χ1v) is 4.64. The van der Waals surface area contributed by atoms with Crippen LogP contribution in [-0.4, -0.2) is 23.9 Å². The molecule has 0 aromatic carbocycles. The van der Waals surface area contributed by atoms with Gasteiger partial charge in [-0.2, -0.15) is 0 Å². The Morgan fingerprint density at radius 2 is 2.00 bits per heavy atom. The molecule has 0 amide bonds. The van der Waals surface area contributed by atoms with Crippen LogP contribution in [0.1, 0.15) is 34.1 Å². The summed E-state index contributed by atoms with van der Waals surface area (Å²) in [7, 11) is 0. The summed E-state index contributed by atoms with van der Waals surface area (Å²) < 4.78 is 5.26. The molecule has 1 fully saturated rings. The van der Waals surface area contributed by atoms with E-state index in [1.165, 1.54) is 0 Å². The molecule has 2 atom stereocenters. The maximum Gasteiger partial charge on any atom is 0.0885 e. The van der Waals surface area contributed by atoms with Crippen molar-refractivity contribution in [3.8, 4) is 0 Å². The minimum Gasteiger partial charge on any atom is -0.387 e. The number of ether oxygens (including phenoxy) is 1. The molecule has 0 aromatic heterocycles. The van der Waals surface area contributed by atoms with Crippen LogP contribution in [0.3, 0.4) is 0 Å². The Balaban J connectivity index is 2.73. The lowest BCUT2D eigenvalue weighted by Crippen LogP contribution is -2.49. The van der Waals surface area contributed by atoms with Gasteiger partial charge < -0.3 is 9.84 Å². The zero-order valence-corrected chi connectivity index (χ0v) is 8.55. The van der Waals surface area contributed by atoms with E-state index in [1.54, 1.807) is 0 Å². The van der Waals surface area contributed by atoms with Gasteiger partial charge in [0.05, 0.1) is 12.2 Å². The van der Waals surface area contributed by atoms with Crippen molar-refractivity contribution in [1.82, 2.24) is 0 Å². The molecule has 0 aliphatic carbocycles. The molecule has 72 valence electrons. The Morgan fingerprint density at radius 1 is 1.42 bits per heavy atom. The fourth-order valence-corrected chi connectivity index (χ4v) is 2.26. The summed E-state index contributed by atoms with van der Waals surface area (Å²) in [5.41, 5.74) is -0.468. The maximum absolute atomic E-state index is 10.0. The van der Waals surface area contributed by atoms with Crippen molar-refractivity contribution in [1.29, 1.82) is 0 Å². The van der Waals surface area contributed by atoms with Crippen LogP contribution >= 0.6 is 0 Å². The van der Waals surface area contributed by atoms with Crippen LogP contribution in [-0.2, 0) is 4.74 Å². The molecule has 0 aromatic rings. The van der Waals surface area contributed by atoms with E-state index in [0.29, 0.717) is 12.5 Å². The molecular formula is C10H20O2. The molecule has 2 heteroatoms. The van der Waals surface area contributed by atoms with Gasteiger partial charge in [-0.15, -0.1) is 0 Å². The molecule has 2 nitrogen and oxygen atoms in total. The molecule has 1 aliphatic heterocycles. The molecule has 1 N–H and O–H groups in total. The molecule has 0 bridgehead atoms. The SMILES string of the molecule is CC(C)(C)[C@@H]1CCOC[C@]1(C)O. The highest BCUT2D eigenvalue weighted by atomic mass is 16.5. The van der Waals surface area contributed by atoms with E-state index in [9.17, 15) is 5.11 Å². The Kier molecular flexibility index (Phi) is 2.50. The first-order chi connectivity index (χ1) is 5.34. The zero-order chi connectivity index (χ0) is 9.41. The summed E-state index contributed by atoms with van der Waals surface area (Å²) in [6.45, 7) is 9.68. The van der Waals surface area contributed by atoms with Gasteiger partial charge >= 0.3 is 0 Å². The quantitative estimate of drug-likeness (QED) is 0.604. The Bertz CT molecular complexity index is 156. The fourth-order valence-electron chi connectivity index (χ4n) is 2.26. The predicted octanol–water partition coefficient (Wildman–Crippen LogP) is 1.82. The van der Waals surface area contributed by atoms with Crippen LogP contribution in [0.4, 0.5) is 0 Å². The lowest BCUT2D eigenvalue weighted by atomic mass is 9.69. The molecule has 1 aliphatic rings. The number of aliphatic hydroxyl groups is 1. The van der Waals surface area contributed by atoms with E-state index in [-0.39, 0.29) is 5.41 Å². The number of rotatable bonds is 0. The highest BCUT2D eigenvalue weighted by Gasteiger charge is 2.41. The van der Waals surface area contributed by atoms with Crippen LogP contribution < -0.4 is 0 Å². The third-order valence-electron chi connectivity index (χ3n) is 2.74. The first kappa shape index (κ1) is 10.0. The molecule has 1 saturated heterocycles.